The lowest BCUT2D eigenvalue weighted by Crippen LogP contribution is -2.35. The average Bonchev–Trinajstić information content (AvgIpc) is 2.90. The Balaban J connectivity index is 2.47. The molecule has 10 heteroatoms. The molecule has 0 unspecified atom stereocenters. The molecule has 0 saturated heterocycles. The first-order valence-electron chi connectivity index (χ1n) is 7.22. The van der Waals surface area contributed by atoms with Gasteiger partial charge in [0.1, 0.15) is 8.42 Å². The van der Waals surface area contributed by atoms with Crippen LogP contribution in [0.2, 0.25) is 0 Å². The molecule has 2 rings (SSSR count). The number of unbranched alkanes of at least 4 members (excludes halogenated alkanes) is 1. The summed E-state index contributed by atoms with van der Waals surface area (Å²) in [5.74, 6) is 0. The van der Waals surface area contributed by atoms with E-state index in [1.807, 2.05) is 13.0 Å². The summed E-state index contributed by atoms with van der Waals surface area (Å²) in [7, 11) is -7.55. The van der Waals surface area contributed by atoms with Gasteiger partial charge < -0.3 is 5.32 Å². The number of hydrogen-bond donors (Lipinski definition) is 2. The fraction of sp³-hybridized carbons (Fsp3) is 0.615. The van der Waals surface area contributed by atoms with Crippen molar-refractivity contribution in [3.63, 3.8) is 0 Å². The van der Waals surface area contributed by atoms with E-state index in [1.54, 1.807) is 0 Å². The molecule has 2 atom stereocenters. The fourth-order valence-electron chi connectivity index (χ4n) is 2.76. The zero-order valence-corrected chi connectivity index (χ0v) is 15.1. The van der Waals surface area contributed by atoms with E-state index in [9.17, 15) is 16.8 Å². The zero-order valence-electron chi connectivity index (χ0n) is 12.6. The van der Waals surface area contributed by atoms with E-state index in [0.29, 0.717) is 49.1 Å². The van der Waals surface area contributed by atoms with Crippen molar-refractivity contribution in [2.75, 3.05) is 6.54 Å². The van der Waals surface area contributed by atoms with Gasteiger partial charge in [-0.1, -0.05) is 6.92 Å². The summed E-state index contributed by atoms with van der Waals surface area (Å²) in [5.41, 5.74) is 0.484. The molecule has 7 nitrogen and oxygen atoms in total. The molecule has 1 aromatic rings. The molecule has 0 radical (unpaired) electrons. The maximum absolute atomic E-state index is 12.8. The van der Waals surface area contributed by atoms with E-state index in [2.05, 4.69) is 5.32 Å². The maximum atomic E-state index is 12.8. The molecule has 3 N–H and O–H groups in total. The first-order chi connectivity index (χ1) is 10.7. The topological polar surface area (TPSA) is 130 Å². The van der Waals surface area contributed by atoms with Crippen LogP contribution in [0.5, 0.6) is 0 Å². The summed E-state index contributed by atoms with van der Waals surface area (Å²) in [6, 6.07) is 3.15. The summed E-state index contributed by atoms with van der Waals surface area (Å²) in [4.78, 5) is 0. The van der Waals surface area contributed by atoms with Crippen LogP contribution in [0.3, 0.4) is 0 Å². The van der Waals surface area contributed by atoms with Crippen LogP contribution in [0.25, 0.3) is 0 Å². The number of hydrogen-bond acceptors (Lipinski definition) is 7. The average molecular weight is 378 g/mol. The minimum absolute atomic E-state index is 0.0840. The van der Waals surface area contributed by atoms with Crippen LogP contribution < -0.4 is 10.5 Å². The Hall–Kier alpha value is -0.990. The van der Waals surface area contributed by atoms with Gasteiger partial charge in [-0.15, -0.1) is 11.3 Å². The summed E-state index contributed by atoms with van der Waals surface area (Å²) >= 11 is 0.716. The lowest BCUT2D eigenvalue weighted by atomic mass is 10.0. The van der Waals surface area contributed by atoms with Crippen LogP contribution in [0.15, 0.2) is 14.5 Å². The predicted octanol–water partition coefficient (Wildman–Crippen LogP) is 1.29. The van der Waals surface area contributed by atoms with Crippen molar-refractivity contribution in [3.05, 3.63) is 11.6 Å². The van der Waals surface area contributed by atoms with Crippen LogP contribution in [-0.4, -0.2) is 28.6 Å². The van der Waals surface area contributed by atoms with Crippen molar-refractivity contribution < 1.29 is 16.8 Å². The highest BCUT2D eigenvalue weighted by Crippen LogP contribution is 2.43. The number of sulfonamides is 1. The zero-order chi connectivity index (χ0) is 17.3. The van der Waals surface area contributed by atoms with Crippen molar-refractivity contribution in [2.45, 2.75) is 52.3 Å². The lowest BCUT2D eigenvalue weighted by Gasteiger charge is -2.29. The van der Waals surface area contributed by atoms with Gasteiger partial charge in [0.15, 0.2) is 9.84 Å². The van der Waals surface area contributed by atoms with Gasteiger partial charge in [-0.3, -0.25) is 0 Å². The smallest absolute Gasteiger partial charge is 0.247 e. The molecular weight excluding hydrogens is 358 g/mol. The minimum Gasteiger partial charge on any atom is -0.310 e. The van der Waals surface area contributed by atoms with Gasteiger partial charge in [0.05, 0.1) is 11.3 Å². The third kappa shape index (κ3) is 3.75. The van der Waals surface area contributed by atoms with Gasteiger partial charge in [-0.05, 0) is 31.9 Å². The van der Waals surface area contributed by atoms with Crippen molar-refractivity contribution in [3.8, 4) is 6.07 Å². The standard InChI is InChI=1S/C13H19N3O4S3/c1-2-16-11-7-9(5-3-4-6-14)22(17,18)13-10(11)8-12(21-13)23(15,19)20/h8-9,11,16H,2-5,7H2,1H3,(H2,15,19,20)/t9-,11-/m0/s1. The normalized spacial score (nSPS) is 23.2. The molecule has 0 saturated carbocycles. The van der Waals surface area contributed by atoms with Gasteiger partial charge in [0.2, 0.25) is 10.0 Å². The fourth-order valence-corrected chi connectivity index (χ4v) is 7.51. The molecule has 1 aliphatic rings. The van der Waals surface area contributed by atoms with E-state index in [1.165, 1.54) is 6.07 Å². The Labute approximate surface area is 140 Å². The molecule has 0 fully saturated rings. The van der Waals surface area contributed by atoms with Gasteiger partial charge >= 0.3 is 0 Å². The molecule has 0 aromatic carbocycles. The summed E-state index contributed by atoms with van der Waals surface area (Å²) < 4.78 is 48.6. The molecule has 0 amide bonds. The van der Waals surface area contributed by atoms with Crippen LogP contribution in [0, 0.1) is 11.3 Å². The van der Waals surface area contributed by atoms with Gasteiger partial charge in [0, 0.05) is 18.0 Å². The largest absolute Gasteiger partial charge is 0.310 e. The molecule has 0 bridgehead atoms. The number of nitrogens with one attached hydrogen (secondary N) is 1. The van der Waals surface area contributed by atoms with Crippen LogP contribution in [0.1, 0.15) is 44.2 Å². The first kappa shape index (κ1) is 18.4. The second kappa shape index (κ2) is 6.86. The van der Waals surface area contributed by atoms with E-state index >= 15 is 0 Å². The Bertz CT molecular complexity index is 821. The quantitative estimate of drug-likeness (QED) is 0.718. The summed E-state index contributed by atoms with van der Waals surface area (Å²) in [6.45, 7) is 2.54. The number of primary sulfonamides is 1. The van der Waals surface area contributed by atoms with E-state index < -0.39 is 25.1 Å². The number of nitrogens with zero attached hydrogens (tertiary/aromatic N) is 1. The van der Waals surface area contributed by atoms with Crippen molar-refractivity contribution >= 4 is 31.2 Å². The molecule has 128 valence electrons. The third-order valence-electron chi connectivity index (χ3n) is 3.82. The molecule has 0 aliphatic carbocycles. The molecule has 2 heterocycles. The Morgan fingerprint density at radius 1 is 1.52 bits per heavy atom. The van der Waals surface area contributed by atoms with Crippen molar-refractivity contribution in [2.24, 2.45) is 5.14 Å². The Morgan fingerprint density at radius 2 is 2.22 bits per heavy atom. The summed E-state index contributed by atoms with van der Waals surface area (Å²) in [5, 5.41) is 16.4. The maximum Gasteiger partial charge on any atom is 0.247 e. The number of thiophene rings is 1. The predicted molar refractivity (Wildman–Crippen MR) is 87.2 cm³/mol. The Kier molecular flexibility index (Phi) is 5.48. The van der Waals surface area contributed by atoms with Crippen LogP contribution in [0.4, 0.5) is 0 Å². The number of rotatable bonds is 6. The number of sulfone groups is 1. The molecular formula is C13H19N3O4S3. The molecule has 23 heavy (non-hydrogen) atoms. The SMILES string of the molecule is CCN[C@H]1C[C@H](CCCC#N)S(=O)(=O)c2sc(S(N)(=O)=O)cc21. The second-order valence-corrected chi connectivity index (χ2v) is 10.7. The summed E-state index contributed by atoms with van der Waals surface area (Å²) in [6.07, 6.45) is 1.56. The van der Waals surface area contributed by atoms with Gasteiger partial charge in [-0.2, -0.15) is 5.26 Å². The highest BCUT2D eigenvalue weighted by Gasteiger charge is 2.41. The molecule has 1 aromatic heterocycles. The van der Waals surface area contributed by atoms with Gasteiger partial charge in [0.25, 0.3) is 0 Å². The number of nitrogens with two attached hydrogens (primary N) is 1. The van der Waals surface area contributed by atoms with Crippen molar-refractivity contribution in [1.29, 1.82) is 5.26 Å². The van der Waals surface area contributed by atoms with E-state index in [-0.39, 0.29) is 14.5 Å². The number of fused-ring (bicyclic) bond motifs is 1. The Morgan fingerprint density at radius 3 is 2.78 bits per heavy atom. The highest BCUT2D eigenvalue weighted by molar-refractivity contribution is 7.95. The van der Waals surface area contributed by atoms with Crippen molar-refractivity contribution in [1.82, 2.24) is 5.32 Å². The third-order valence-corrected chi connectivity index (χ3v) is 9.19. The lowest BCUT2D eigenvalue weighted by molar-refractivity contribution is 0.454. The monoisotopic (exact) mass is 377 g/mol. The van der Waals surface area contributed by atoms with E-state index in [4.69, 9.17) is 10.4 Å². The van der Waals surface area contributed by atoms with E-state index in [0.717, 1.165) is 0 Å². The van der Waals surface area contributed by atoms with Crippen LogP contribution in [-0.2, 0) is 19.9 Å². The molecule has 0 spiro atoms. The first-order valence-corrected chi connectivity index (χ1v) is 11.1. The number of nitriles is 1. The highest BCUT2D eigenvalue weighted by atomic mass is 32.3. The van der Waals surface area contributed by atoms with Gasteiger partial charge in [-0.25, -0.2) is 22.0 Å². The van der Waals surface area contributed by atoms with Crippen LogP contribution >= 0.6 is 11.3 Å². The second-order valence-electron chi connectivity index (χ2n) is 5.42. The molecule has 1 aliphatic heterocycles. The minimum atomic E-state index is -3.94.